The molecule has 0 heterocycles. The van der Waals surface area contributed by atoms with Gasteiger partial charge in [0.1, 0.15) is 0 Å². The van der Waals surface area contributed by atoms with Gasteiger partial charge in [0.2, 0.25) is 0 Å². The Hall–Kier alpha value is -0.0400. The smallest absolute Gasteiger partial charge is 0.00952 e. The monoisotopic (exact) mass is 211 g/mol. The predicted molar refractivity (Wildman–Crippen MR) is 68.1 cm³/mol. The molecule has 0 bridgehead atoms. The SMILES string of the molecule is CCNC(CCCCCC(C)C)C1CC1. The molecular weight excluding hydrogens is 182 g/mol. The van der Waals surface area contributed by atoms with Crippen LogP contribution in [0.15, 0.2) is 0 Å². The van der Waals surface area contributed by atoms with Crippen molar-refractivity contribution >= 4 is 0 Å². The van der Waals surface area contributed by atoms with E-state index in [0.717, 1.165) is 24.4 Å². The average Bonchev–Trinajstić information content (AvgIpc) is 2.98. The summed E-state index contributed by atoms with van der Waals surface area (Å²) in [5.74, 6) is 1.91. The van der Waals surface area contributed by atoms with Crippen LogP contribution in [0.3, 0.4) is 0 Å². The van der Waals surface area contributed by atoms with Gasteiger partial charge < -0.3 is 5.32 Å². The van der Waals surface area contributed by atoms with Crippen molar-refractivity contribution in [2.45, 2.75) is 71.8 Å². The molecule has 0 spiro atoms. The number of hydrogen-bond donors (Lipinski definition) is 1. The first-order valence-electron chi connectivity index (χ1n) is 6.97. The first-order chi connectivity index (χ1) is 7.24. The van der Waals surface area contributed by atoms with E-state index in [1.807, 2.05) is 0 Å². The summed E-state index contributed by atoms with van der Waals surface area (Å²) in [6.07, 6.45) is 10.1. The number of unbranched alkanes of at least 4 members (excludes halogenated alkanes) is 2. The summed E-state index contributed by atoms with van der Waals surface area (Å²) < 4.78 is 0. The third-order valence-electron chi connectivity index (χ3n) is 3.45. The molecule has 0 aromatic rings. The normalized spacial score (nSPS) is 18.4. The Morgan fingerprint density at radius 3 is 2.27 bits per heavy atom. The third kappa shape index (κ3) is 6.19. The summed E-state index contributed by atoms with van der Waals surface area (Å²) in [5.41, 5.74) is 0. The summed E-state index contributed by atoms with van der Waals surface area (Å²) in [4.78, 5) is 0. The van der Waals surface area contributed by atoms with E-state index in [2.05, 4.69) is 26.1 Å². The highest BCUT2D eigenvalue weighted by Gasteiger charge is 2.29. The zero-order chi connectivity index (χ0) is 11.1. The molecule has 1 N–H and O–H groups in total. The van der Waals surface area contributed by atoms with Crippen LogP contribution in [0.2, 0.25) is 0 Å². The van der Waals surface area contributed by atoms with Gasteiger partial charge in [-0.15, -0.1) is 0 Å². The Balaban J connectivity index is 1.96. The van der Waals surface area contributed by atoms with Crippen LogP contribution in [0.5, 0.6) is 0 Å². The molecule has 1 rings (SSSR count). The lowest BCUT2D eigenvalue weighted by Gasteiger charge is -2.16. The number of hydrogen-bond acceptors (Lipinski definition) is 1. The van der Waals surface area contributed by atoms with Crippen molar-refractivity contribution in [1.82, 2.24) is 5.32 Å². The van der Waals surface area contributed by atoms with Gasteiger partial charge in [-0.2, -0.15) is 0 Å². The molecular formula is C14H29N. The van der Waals surface area contributed by atoms with Crippen molar-refractivity contribution in [3.05, 3.63) is 0 Å². The van der Waals surface area contributed by atoms with Crippen molar-refractivity contribution in [3.63, 3.8) is 0 Å². The zero-order valence-electron chi connectivity index (χ0n) is 10.9. The van der Waals surface area contributed by atoms with Crippen LogP contribution >= 0.6 is 0 Å². The molecule has 0 aromatic carbocycles. The molecule has 15 heavy (non-hydrogen) atoms. The van der Waals surface area contributed by atoms with Gasteiger partial charge in [0, 0.05) is 6.04 Å². The largest absolute Gasteiger partial charge is 0.314 e. The highest BCUT2D eigenvalue weighted by molar-refractivity contribution is 4.85. The maximum Gasteiger partial charge on any atom is 0.00952 e. The Labute approximate surface area is 96.0 Å². The number of rotatable bonds is 9. The molecule has 90 valence electrons. The quantitative estimate of drug-likeness (QED) is 0.569. The van der Waals surface area contributed by atoms with E-state index in [4.69, 9.17) is 0 Å². The molecule has 1 unspecified atom stereocenters. The fourth-order valence-corrected chi connectivity index (χ4v) is 2.36. The van der Waals surface area contributed by atoms with Crippen LogP contribution in [-0.4, -0.2) is 12.6 Å². The summed E-state index contributed by atoms with van der Waals surface area (Å²) in [6, 6.07) is 0.842. The topological polar surface area (TPSA) is 12.0 Å². The maximum atomic E-state index is 3.64. The van der Waals surface area contributed by atoms with E-state index in [1.165, 1.54) is 44.9 Å². The molecule has 1 fully saturated rings. The molecule has 0 aliphatic heterocycles. The Bertz CT molecular complexity index is 149. The van der Waals surface area contributed by atoms with E-state index >= 15 is 0 Å². The van der Waals surface area contributed by atoms with Gasteiger partial charge in [0.05, 0.1) is 0 Å². The molecule has 1 aliphatic rings. The maximum absolute atomic E-state index is 3.64. The van der Waals surface area contributed by atoms with Gasteiger partial charge in [-0.05, 0) is 37.6 Å². The Morgan fingerprint density at radius 1 is 1.07 bits per heavy atom. The van der Waals surface area contributed by atoms with Gasteiger partial charge in [-0.1, -0.05) is 46.5 Å². The van der Waals surface area contributed by atoms with Gasteiger partial charge >= 0.3 is 0 Å². The van der Waals surface area contributed by atoms with Crippen molar-refractivity contribution in [2.24, 2.45) is 11.8 Å². The van der Waals surface area contributed by atoms with Crippen LogP contribution in [-0.2, 0) is 0 Å². The van der Waals surface area contributed by atoms with Gasteiger partial charge in [-0.25, -0.2) is 0 Å². The second-order valence-corrected chi connectivity index (χ2v) is 5.53. The second kappa shape index (κ2) is 7.27. The standard InChI is InChI=1S/C14H29N/c1-4-15-14(13-10-11-13)9-7-5-6-8-12(2)3/h12-15H,4-11H2,1-3H3. The molecule has 0 saturated heterocycles. The molecule has 1 heteroatoms. The molecule has 0 amide bonds. The predicted octanol–water partition coefficient (Wildman–Crippen LogP) is 3.98. The minimum absolute atomic E-state index is 0.842. The van der Waals surface area contributed by atoms with Gasteiger partial charge in [-0.3, -0.25) is 0 Å². The van der Waals surface area contributed by atoms with E-state index in [-0.39, 0.29) is 0 Å². The highest BCUT2D eigenvalue weighted by Crippen LogP contribution is 2.34. The van der Waals surface area contributed by atoms with Crippen LogP contribution in [0, 0.1) is 11.8 Å². The first kappa shape index (κ1) is 13.0. The van der Waals surface area contributed by atoms with Crippen molar-refractivity contribution < 1.29 is 0 Å². The van der Waals surface area contributed by atoms with E-state index in [9.17, 15) is 0 Å². The molecule has 1 aliphatic carbocycles. The Morgan fingerprint density at radius 2 is 1.73 bits per heavy atom. The zero-order valence-corrected chi connectivity index (χ0v) is 10.9. The minimum atomic E-state index is 0.842. The van der Waals surface area contributed by atoms with Crippen molar-refractivity contribution in [2.75, 3.05) is 6.54 Å². The third-order valence-corrected chi connectivity index (χ3v) is 3.45. The summed E-state index contributed by atoms with van der Waals surface area (Å²) in [6.45, 7) is 8.03. The second-order valence-electron chi connectivity index (χ2n) is 5.53. The van der Waals surface area contributed by atoms with Crippen molar-refractivity contribution in [1.29, 1.82) is 0 Å². The minimum Gasteiger partial charge on any atom is -0.314 e. The van der Waals surface area contributed by atoms with Crippen molar-refractivity contribution in [3.8, 4) is 0 Å². The van der Waals surface area contributed by atoms with Gasteiger partial charge in [0.15, 0.2) is 0 Å². The van der Waals surface area contributed by atoms with Crippen LogP contribution in [0.1, 0.15) is 65.7 Å². The van der Waals surface area contributed by atoms with E-state index in [1.54, 1.807) is 0 Å². The van der Waals surface area contributed by atoms with Crippen LogP contribution in [0.4, 0.5) is 0 Å². The lowest BCUT2D eigenvalue weighted by Crippen LogP contribution is -2.30. The summed E-state index contributed by atoms with van der Waals surface area (Å²) in [5, 5.41) is 3.64. The molecule has 0 radical (unpaired) electrons. The number of nitrogens with one attached hydrogen (secondary N) is 1. The average molecular weight is 211 g/mol. The molecule has 1 atom stereocenters. The molecule has 0 aromatic heterocycles. The summed E-state index contributed by atoms with van der Waals surface area (Å²) in [7, 11) is 0. The van der Waals surface area contributed by atoms with Gasteiger partial charge in [0.25, 0.3) is 0 Å². The molecule has 1 nitrogen and oxygen atoms in total. The lowest BCUT2D eigenvalue weighted by molar-refractivity contribution is 0.418. The molecule has 1 saturated carbocycles. The first-order valence-corrected chi connectivity index (χ1v) is 6.97. The Kier molecular flexibility index (Phi) is 6.31. The fourth-order valence-electron chi connectivity index (χ4n) is 2.36. The highest BCUT2D eigenvalue weighted by atomic mass is 14.9. The summed E-state index contributed by atoms with van der Waals surface area (Å²) >= 11 is 0. The van der Waals surface area contributed by atoms with Crippen LogP contribution in [0.25, 0.3) is 0 Å². The van der Waals surface area contributed by atoms with E-state index < -0.39 is 0 Å². The van der Waals surface area contributed by atoms with E-state index in [0.29, 0.717) is 0 Å². The fraction of sp³-hybridized carbons (Fsp3) is 1.00. The van der Waals surface area contributed by atoms with Crippen LogP contribution < -0.4 is 5.32 Å². The lowest BCUT2D eigenvalue weighted by atomic mass is 10.0.